The number of benzene rings is 1. The molecule has 1 aromatic carbocycles. The normalized spacial score (nSPS) is 13.2. The summed E-state index contributed by atoms with van der Waals surface area (Å²) < 4.78 is 27.8. The molecule has 4 aromatic heterocycles. The Kier molecular flexibility index (Phi) is 5.27. The lowest BCUT2D eigenvalue weighted by Gasteiger charge is -2.20. The number of imidazole rings is 1. The van der Waals surface area contributed by atoms with Gasteiger partial charge in [-0.15, -0.1) is 0 Å². The van der Waals surface area contributed by atoms with Gasteiger partial charge in [0.15, 0.2) is 0 Å². The standard InChI is InChI=1S/C27H25ClN6O3/c1-27(2,3)34-22(35)13-19-24-18(12-21(28)30-19)31-25(33-24)16-11-15-17(32-26(16)36)9-10-29-23(15)14-7-5-6-8-20(14)37-4/h5-12H,13H2,1-4H3,(H,31,33)(H,32,36)(H,34,35)/i4D3. The second kappa shape index (κ2) is 9.33. The number of pyridine rings is 3. The minimum absolute atomic E-state index is 0.0545. The molecule has 0 saturated heterocycles. The van der Waals surface area contributed by atoms with Crippen LogP contribution in [0.25, 0.3) is 44.6 Å². The number of H-pyrrole nitrogens is 2. The first-order chi connectivity index (χ1) is 18.8. The van der Waals surface area contributed by atoms with Crippen LogP contribution in [-0.4, -0.2) is 43.4 Å². The molecule has 3 N–H and O–H groups in total. The van der Waals surface area contributed by atoms with Gasteiger partial charge in [-0.25, -0.2) is 9.97 Å². The Hall–Kier alpha value is -4.24. The molecule has 0 unspecified atom stereocenters. The lowest BCUT2D eigenvalue weighted by atomic mass is 10.0. The molecule has 5 rings (SSSR count). The number of fused-ring (bicyclic) bond motifs is 2. The van der Waals surface area contributed by atoms with E-state index in [0.29, 0.717) is 38.9 Å². The Morgan fingerprint density at radius 2 is 1.92 bits per heavy atom. The number of amides is 1. The van der Waals surface area contributed by atoms with Crippen molar-refractivity contribution in [1.82, 2.24) is 30.2 Å². The Labute approximate surface area is 221 Å². The fraction of sp³-hybridized carbons (Fsp3) is 0.222. The lowest BCUT2D eigenvalue weighted by molar-refractivity contribution is -0.121. The molecule has 5 aromatic rings. The topological polar surface area (TPSA) is 126 Å². The van der Waals surface area contributed by atoms with Gasteiger partial charge in [0.2, 0.25) is 5.91 Å². The third kappa shape index (κ3) is 4.90. The van der Waals surface area contributed by atoms with Crippen molar-refractivity contribution in [2.75, 3.05) is 7.04 Å². The third-order valence-corrected chi connectivity index (χ3v) is 5.83. The molecule has 1 amide bonds. The zero-order valence-corrected chi connectivity index (χ0v) is 21.0. The number of para-hydroxylation sites is 1. The van der Waals surface area contributed by atoms with Crippen LogP contribution in [0.3, 0.4) is 0 Å². The van der Waals surface area contributed by atoms with Crippen molar-refractivity contribution in [3.05, 3.63) is 69.9 Å². The summed E-state index contributed by atoms with van der Waals surface area (Å²) in [5, 5.41) is 3.61. The molecule has 0 aliphatic rings. The summed E-state index contributed by atoms with van der Waals surface area (Å²) in [6, 6.07) is 11.5. The smallest absolute Gasteiger partial charge is 0.259 e. The van der Waals surface area contributed by atoms with E-state index in [2.05, 4.69) is 30.2 Å². The summed E-state index contributed by atoms with van der Waals surface area (Å²) in [4.78, 5) is 45.1. The minimum atomic E-state index is -2.66. The number of nitrogens with one attached hydrogen (secondary N) is 3. The van der Waals surface area contributed by atoms with Crippen LogP contribution < -0.4 is 15.6 Å². The van der Waals surface area contributed by atoms with E-state index in [1.165, 1.54) is 6.20 Å². The lowest BCUT2D eigenvalue weighted by Crippen LogP contribution is -2.41. The Bertz CT molecular complexity index is 1830. The first-order valence-electron chi connectivity index (χ1n) is 12.9. The maximum atomic E-state index is 13.2. The molecule has 0 spiro atoms. The predicted molar refractivity (Wildman–Crippen MR) is 144 cm³/mol. The van der Waals surface area contributed by atoms with E-state index in [1.807, 2.05) is 20.8 Å². The average molecular weight is 520 g/mol. The van der Waals surface area contributed by atoms with E-state index < -0.39 is 18.1 Å². The fourth-order valence-electron chi connectivity index (χ4n) is 4.18. The fourth-order valence-corrected chi connectivity index (χ4v) is 4.39. The summed E-state index contributed by atoms with van der Waals surface area (Å²) >= 11 is 6.24. The Morgan fingerprint density at radius 3 is 2.70 bits per heavy atom. The number of carbonyl (C=O) groups is 1. The molecule has 0 bridgehead atoms. The largest absolute Gasteiger partial charge is 0.496 e. The van der Waals surface area contributed by atoms with Crippen molar-refractivity contribution in [3.8, 4) is 28.4 Å². The molecular formula is C27H25ClN6O3. The molecule has 0 aliphatic carbocycles. The van der Waals surface area contributed by atoms with E-state index in [4.69, 9.17) is 20.5 Å². The highest BCUT2D eigenvalue weighted by Crippen LogP contribution is 2.33. The number of halogens is 1. The van der Waals surface area contributed by atoms with Crippen molar-refractivity contribution in [2.24, 2.45) is 0 Å². The summed E-state index contributed by atoms with van der Waals surface area (Å²) in [5.41, 5.74) is 1.98. The zero-order chi connectivity index (χ0) is 28.8. The number of nitrogens with zero attached hydrogens (tertiary/aromatic N) is 3. The van der Waals surface area contributed by atoms with Gasteiger partial charge in [0.1, 0.15) is 22.2 Å². The number of aromatic amines is 2. The molecule has 0 radical (unpaired) electrons. The molecule has 0 atom stereocenters. The van der Waals surface area contributed by atoms with Gasteiger partial charge >= 0.3 is 0 Å². The van der Waals surface area contributed by atoms with Crippen molar-refractivity contribution in [1.29, 1.82) is 0 Å². The summed E-state index contributed by atoms with van der Waals surface area (Å²) in [6.07, 6.45) is 1.46. The van der Waals surface area contributed by atoms with Gasteiger partial charge in [0, 0.05) is 28.8 Å². The number of aromatic nitrogens is 5. The first-order valence-corrected chi connectivity index (χ1v) is 11.8. The van der Waals surface area contributed by atoms with Crippen LogP contribution in [0, 0.1) is 0 Å². The molecule has 37 heavy (non-hydrogen) atoms. The SMILES string of the molecule is [2H]C([2H])([2H])Oc1ccccc1-c1nccc2[nH]c(=O)c(-c3nc4c(CC(=O)NC(C)(C)C)nc(Cl)cc4[nH]3)cc12. The molecule has 4 heterocycles. The van der Waals surface area contributed by atoms with Crippen LogP contribution in [0.15, 0.2) is 53.5 Å². The number of hydrogen-bond donors (Lipinski definition) is 3. The molecule has 0 saturated carbocycles. The van der Waals surface area contributed by atoms with E-state index in [1.54, 1.807) is 42.5 Å². The quantitative estimate of drug-likeness (QED) is 0.290. The van der Waals surface area contributed by atoms with Gasteiger partial charge in [-0.2, -0.15) is 0 Å². The molecule has 0 aliphatic heterocycles. The number of ether oxygens (including phenoxy) is 1. The number of hydrogen-bond acceptors (Lipinski definition) is 6. The van der Waals surface area contributed by atoms with Gasteiger partial charge in [0.05, 0.1) is 45.6 Å². The Balaban J connectivity index is 1.64. The maximum Gasteiger partial charge on any atom is 0.259 e. The number of rotatable bonds is 5. The highest BCUT2D eigenvalue weighted by molar-refractivity contribution is 6.30. The van der Waals surface area contributed by atoms with Crippen LogP contribution in [0.4, 0.5) is 0 Å². The molecule has 10 heteroatoms. The molecule has 0 fully saturated rings. The van der Waals surface area contributed by atoms with E-state index in [0.717, 1.165) is 0 Å². The first kappa shape index (κ1) is 20.9. The van der Waals surface area contributed by atoms with Gasteiger partial charge in [-0.1, -0.05) is 23.7 Å². The van der Waals surface area contributed by atoms with Crippen LogP contribution in [0.5, 0.6) is 5.75 Å². The number of methoxy groups -OCH3 is 1. The number of carbonyl (C=O) groups excluding carboxylic acids is 1. The highest BCUT2D eigenvalue weighted by atomic mass is 35.5. The monoisotopic (exact) mass is 519 g/mol. The zero-order valence-electron chi connectivity index (χ0n) is 23.3. The van der Waals surface area contributed by atoms with E-state index >= 15 is 0 Å². The molecule has 9 nitrogen and oxygen atoms in total. The highest BCUT2D eigenvalue weighted by Gasteiger charge is 2.20. The molecular weight excluding hydrogens is 492 g/mol. The third-order valence-electron chi connectivity index (χ3n) is 5.63. The van der Waals surface area contributed by atoms with E-state index in [-0.39, 0.29) is 34.6 Å². The summed E-state index contributed by atoms with van der Waals surface area (Å²) in [7, 11) is -2.66. The van der Waals surface area contributed by atoms with Gasteiger partial charge in [-0.05, 0) is 45.0 Å². The van der Waals surface area contributed by atoms with Gasteiger partial charge in [-0.3, -0.25) is 14.6 Å². The summed E-state index contributed by atoms with van der Waals surface area (Å²) in [6.45, 7) is 5.63. The van der Waals surface area contributed by atoms with Crippen LogP contribution in [0.1, 0.15) is 30.6 Å². The molecule has 188 valence electrons. The minimum Gasteiger partial charge on any atom is -0.496 e. The maximum absolute atomic E-state index is 13.2. The van der Waals surface area contributed by atoms with Crippen molar-refractivity contribution < 1.29 is 13.6 Å². The van der Waals surface area contributed by atoms with Crippen LogP contribution in [-0.2, 0) is 11.2 Å². The van der Waals surface area contributed by atoms with E-state index in [9.17, 15) is 9.59 Å². The van der Waals surface area contributed by atoms with Crippen LogP contribution in [0.2, 0.25) is 5.15 Å². The van der Waals surface area contributed by atoms with Crippen molar-refractivity contribution in [3.63, 3.8) is 0 Å². The Morgan fingerprint density at radius 1 is 1.11 bits per heavy atom. The van der Waals surface area contributed by atoms with Crippen molar-refractivity contribution >= 4 is 39.4 Å². The predicted octanol–water partition coefficient (Wildman–Crippen LogP) is 4.65. The van der Waals surface area contributed by atoms with Gasteiger partial charge in [0.25, 0.3) is 5.56 Å². The van der Waals surface area contributed by atoms with Crippen LogP contribution >= 0.6 is 11.6 Å². The second-order valence-electron chi connectivity index (χ2n) is 9.58. The second-order valence-corrected chi connectivity index (χ2v) is 9.97. The average Bonchev–Trinajstić information content (AvgIpc) is 3.25. The van der Waals surface area contributed by atoms with Crippen molar-refractivity contribution in [2.45, 2.75) is 32.7 Å². The summed E-state index contributed by atoms with van der Waals surface area (Å²) in [5.74, 6) is 0.115. The van der Waals surface area contributed by atoms with Gasteiger partial charge < -0.3 is 20.0 Å².